The number of rotatable bonds is 8. The van der Waals surface area contributed by atoms with Crippen LogP contribution in [0.4, 0.5) is 4.79 Å². The summed E-state index contributed by atoms with van der Waals surface area (Å²) in [6.07, 6.45) is 0.677. The first-order valence-corrected chi connectivity index (χ1v) is 12.0. The molecule has 1 aromatic heterocycles. The van der Waals surface area contributed by atoms with E-state index in [2.05, 4.69) is 34.9 Å². The SMILES string of the molecule is CC1(c2cc3ccccc3o2)NC(=O)N(CC(=O)NCCC(c2ccccc2)c2ccccc2)C1=O. The van der Waals surface area contributed by atoms with Gasteiger partial charge in [0, 0.05) is 17.8 Å². The number of nitrogens with zero attached hydrogens (tertiary/aromatic N) is 1. The predicted molar refractivity (Wildman–Crippen MR) is 136 cm³/mol. The molecule has 0 aliphatic carbocycles. The van der Waals surface area contributed by atoms with Crippen LogP contribution in [-0.4, -0.2) is 35.8 Å². The summed E-state index contributed by atoms with van der Waals surface area (Å²) in [6.45, 7) is 1.63. The van der Waals surface area contributed by atoms with Crippen molar-refractivity contribution in [1.29, 1.82) is 0 Å². The molecule has 0 radical (unpaired) electrons. The number of urea groups is 1. The van der Waals surface area contributed by atoms with Crippen LogP contribution in [0.25, 0.3) is 11.0 Å². The van der Waals surface area contributed by atoms with E-state index in [9.17, 15) is 14.4 Å². The third-order valence-corrected chi connectivity index (χ3v) is 6.65. The van der Waals surface area contributed by atoms with E-state index in [1.807, 2.05) is 54.6 Å². The summed E-state index contributed by atoms with van der Waals surface area (Å²) in [5.41, 5.74) is 1.57. The van der Waals surface area contributed by atoms with Gasteiger partial charge in [-0.1, -0.05) is 78.9 Å². The average molecular weight is 482 g/mol. The minimum absolute atomic E-state index is 0.112. The van der Waals surface area contributed by atoms with E-state index in [0.29, 0.717) is 24.3 Å². The molecule has 2 heterocycles. The van der Waals surface area contributed by atoms with Crippen LogP contribution in [0.5, 0.6) is 0 Å². The summed E-state index contributed by atoms with van der Waals surface area (Å²) >= 11 is 0. The molecule has 1 atom stereocenters. The van der Waals surface area contributed by atoms with Crippen molar-refractivity contribution in [2.24, 2.45) is 0 Å². The number of amides is 4. The number of fused-ring (bicyclic) bond motifs is 1. The van der Waals surface area contributed by atoms with Gasteiger partial charge in [0.25, 0.3) is 5.91 Å². The smallest absolute Gasteiger partial charge is 0.325 e. The number of carbonyl (C=O) groups excluding carboxylic acids is 3. The van der Waals surface area contributed by atoms with E-state index in [4.69, 9.17) is 4.42 Å². The first-order valence-electron chi connectivity index (χ1n) is 12.0. The molecule has 4 amide bonds. The van der Waals surface area contributed by atoms with Gasteiger partial charge in [0.15, 0.2) is 5.54 Å². The summed E-state index contributed by atoms with van der Waals surface area (Å²) in [6, 6.07) is 28.8. The van der Waals surface area contributed by atoms with E-state index in [-0.39, 0.29) is 12.5 Å². The number of para-hydroxylation sites is 1. The third-order valence-electron chi connectivity index (χ3n) is 6.65. The van der Waals surface area contributed by atoms with Gasteiger partial charge < -0.3 is 15.1 Å². The number of hydrogen-bond donors (Lipinski definition) is 2. The normalized spacial score (nSPS) is 17.6. The quantitative estimate of drug-likeness (QED) is 0.362. The molecule has 36 heavy (non-hydrogen) atoms. The minimum atomic E-state index is -1.37. The third kappa shape index (κ3) is 4.47. The first kappa shape index (κ1) is 23.4. The van der Waals surface area contributed by atoms with Crippen LogP contribution in [0.15, 0.2) is 95.4 Å². The standard InChI is InChI=1S/C29H27N3O4/c1-29(25-18-22-14-8-9-15-24(22)36-25)27(34)32(28(35)31-29)19-26(33)30-17-16-23(20-10-4-2-5-11-20)21-12-6-3-7-13-21/h2-15,18,23H,16-17,19H2,1H3,(H,30,33)(H,31,35). The average Bonchev–Trinajstić information content (AvgIpc) is 3.43. The highest BCUT2D eigenvalue weighted by molar-refractivity contribution is 6.09. The molecule has 182 valence electrons. The fraction of sp³-hybridized carbons (Fsp3) is 0.207. The van der Waals surface area contributed by atoms with E-state index in [1.54, 1.807) is 19.1 Å². The second-order valence-electron chi connectivity index (χ2n) is 9.11. The van der Waals surface area contributed by atoms with Crippen molar-refractivity contribution in [2.45, 2.75) is 24.8 Å². The molecule has 1 saturated heterocycles. The Labute approximate surface area is 209 Å². The van der Waals surface area contributed by atoms with Crippen LogP contribution < -0.4 is 10.6 Å². The lowest BCUT2D eigenvalue weighted by Crippen LogP contribution is -2.43. The molecule has 3 aromatic carbocycles. The molecule has 1 aliphatic rings. The van der Waals surface area contributed by atoms with E-state index in [0.717, 1.165) is 21.4 Å². The zero-order valence-electron chi connectivity index (χ0n) is 19.9. The van der Waals surface area contributed by atoms with E-state index >= 15 is 0 Å². The first-order chi connectivity index (χ1) is 17.5. The summed E-state index contributed by atoms with van der Waals surface area (Å²) in [5.74, 6) is -0.473. The van der Waals surface area contributed by atoms with Crippen molar-refractivity contribution in [2.75, 3.05) is 13.1 Å². The van der Waals surface area contributed by atoms with Crippen LogP contribution in [0.3, 0.4) is 0 Å². The molecule has 5 rings (SSSR count). The fourth-order valence-corrected chi connectivity index (χ4v) is 4.69. The number of imide groups is 1. The zero-order chi connectivity index (χ0) is 25.1. The van der Waals surface area contributed by atoms with Gasteiger partial charge in [-0.3, -0.25) is 14.5 Å². The van der Waals surface area contributed by atoms with Crippen molar-refractivity contribution >= 4 is 28.8 Å². The second-order valence-corrected chi connectivity index (χ2v) is 9.11. The highest BCUT2D eigenvalue weighted by Gasteiger charge is 2.51. The van der Waals surface area contributed by atoms with Gasteiger partial charge in [0.1, 0.15) is 17.9 Å². The van der Waals surface area contributed by atoms with Crippen molar-refractivity contribution in [1.82, 2.24) is 15.5 Å². The van der Waals surface area contributed by atoms with Gasteiger partial charge in [-0.25, -0.2) is 4.79 Å². The Balaban J connectivity index is 1.23. The van der Waals surface area contributed by atoms with Gasteiger partial charge in [-0.2, -0.15) is 0 Å². The topological polar surface area (TPSA) is 91.7 Å². The molecule has 4 aromatic rings. The van der Waals surface area contributed by atoms with Gasteiger partial charge in [0.2, 0.25) is 5.91 Å². The molecule has 2 N–H and O–H groups in total. The summed E-state index contributed by atoms with van der Waals surface area (Å²) in [7, 11) is 0. The molecular weight excluding hydrogens is 454 g/mol. The number of carbonyl (C=O) groups is 3. The summed E-state index contributed by atoms with van der Waals surface area (Å²) < 4.78 is 5.84. The van der Waals surface area contributed by atoms with Gasteiger partial charge in [-0.15, -0.1) is 0 Å². The lowest BCUT2D eigenvalue weighted by atomic mass is 9.88. The molecule has 0 spiro atoms. The molecule has 1 fully saturated rings. The predicted octanol–water partition coefficient (Wildman–Crippen LogP) is 4.54. The van der Waals surface area contributed by atoms with Gasteiger partial charge in [0.05, 0.1) is 0 Å². The largest absolute Gasteiger partial charge is 0.458 e. The zero-order valence-corrected chi connectivity index (χ0v) is 19.9. The number of furan rings is 1. The van der Waals surface area contributed by atoms with Crippen molar-refractivity contribution in [3.05, 3.63) is 108 Å². The van der Waals surface area contributed by atoms with Crippen LogP contribution in [0.2, 0.25) is 0 Å². The van der Waals surface area contributed by atoms with Crippen LogP contribution in [0.1, 0.15) is 36.1 Å². The van der Waals surface area contributed by atoms with Gasteiger partial charge in [-0.05, 0) is 36.6 Å². The molecule has 0 bridgehead atoms. The van der Waals surface area contributed by atoms with E-state index < -0.39 is 23.4 Å². The maximum Gasteiger partial charge on any atom is 0.325 e. The van der Waals surface area contributed by atoms with Crippen molar-refractivity contribution in [3.63, 3.8) is 0 Å². The maximum absolute atomic E-state index is 13.2. The minimum Gasteiger partial charge on any atom is -0.458 e. The highest BCUT2D eigenvalue weighted by atomic mass is 16.3. The number of nitrogens with one attached hydrogen (secondary N) is 2. The molecule has 1 aliphatic heterocycles. The molecule has 7 heteroatoms. The van der Waals surface area contributed by atoms with Crippen molar-refractivity contribution in [3.8, 4) is 0 Å². The Kier molecular flexibility index (Phi) is 6.29. The van der Waals surface area contributed by atoms with Gasteiger partial charge >= 0.3 is 6.03 Å². The molecule has 1 unspecified atom stereocenters. The van der Waals surface area contributed by atoms with Crippen molar-refractivity contribution < 1.29 is 18.8 Å². The Hall–Kier alpha value is -4.39. The second kappa shape index (κ2) is 9.70. The van der Waals surface area contributed by atoms with Crippen LogP contribution in [-0.2, 0) is 15.1 Å². The maximum atomic E-state index is 13.2. The monoisotopic (exact) mass is 481 g/mol. The molecular formula is C29H27N3O4. The Morgan fingerprint density at radius 1 is 0.944 bits per heavy atom. The summed E-state index contributed by atoms with van der Waals surface area (Å²) in [4.78, 5) is 39.5. The van der Waals surface area contributed by atoms with E-state index in [1.165, 1.54) is 0 Å². The fourth-order valence-electron chi connectivity index (χ4n) is 4.69. The number of benzene rings is 3. The lowest BCUT2D eigenvalue weighted by Gasteiger charge is -2.20. The summed E-state index contributed by atoms with van der Waals surface area (Å²) in [5, 5.41) is 6.40. The number of hydrogen-bond acceptors (Lipinski definition) is 4. The molecule has 0 saturated carbocycles. The lowest BCUT2D eigenvalue weighted by molar-refractivity contribution is -0.135. The Morgan fingerprint density at radius 3 is 2.19 bits per heavy atom. The Morgan fingerprint density at radius 2 is 1.56 bits per heavy atom. The van der Waals surface area contributed by atoms with Crippen LogP contribution >= 0.6 is 0 Å². The molecule has 7 nitrogen and oxygen atoms in total. The Bertz CT molecular complexity index is 1330. The van der Waals surface area contributed by atoms with Crippen LogP contribution in [0, 0.1) is 0 Å². The highest BCUT2D eigenvalue weighted by Crippen LogP contribution is 2.33.